The molecule has 0 spiro atoms. The molecule has 0 heterocycles. The number of carbonyl (C=O) groups excluding carboxylic acids is 1. The van der Waals surface area contributed by atoms with Gasteiger partial charge in [-0.05, 0) is 56.1 Å². The second-order valence-electron chi connectivity index (χ2n) is 5.40. The van der Waals surface area contributed by atoms with Crippen molar-refractivity contribution >= 4 is 14.3 Å². The highest BCUT2D eigenvalue weighted by molar-refractivity contribution is 6.71. The molecule has 1 saturated carbocycles. The predicted octanol–water partition coefficient (Wildman–Crippen LogP) is 3.56. The van der Waals surface area contributed by atoms with E-state index in [0.717, 1.165) is 5.92 Å². The first-order valence-electron chi connectivity index (χ1n) is 5.79. The zero-order chi connectivity index (χ0) is 11.8. The Bertz CT molecular complexity index is 385. The summed E-state index contributed by atoms with van der Waals surface area (Å²) in [6, 6.07) is 7.88. The van der Waals surface area contributed by atoms with Gasteiger partial charge in [-0.2, -0.15) is 0 Å². The quantitative estimate of drug-likeness (QED) is 0.748. The summed E-state index contributed by atoms with van der Waals surface area (Å²) in [6.45, 7) is 6.05. The highest BCUT2D eigenvalue weighted by Gasteiger charge is 2.24. The van der Waals surface area contributed by atoms with Crippen LogP contribution in [0, 0.1) is 0 Å². The third-order valence-electron chi connectivity index (χ3n) is 2.59. The lowest BCUT2D eigenvalue weighted by atomic mass is 10.1. The summed E-state index contributed by atoms with van der Waals surface area (Å²) in [6.07, 6.45) is 2.58. The molecule has 0 radical (unpaired) electrons. The van der Waals surface area contributed by atoms with Gasteiger partial charge < -0.3 is 4.43 Å². The molecular formula is C13H18O2Si. The van der Waals surface area contributed by atoms with Crippen LogP contribution >= 0.6 is 0 Å². The molecule has 1 aliphatic carbocycles. The molecule has 2 rings (SSSR count). The average Bonchev–Trinajstić information content (AvgIpc) is 2.98. The Labute approximate surface area is 97.8 Å². The molecule has 0 bridgehead atoms. The maximum Gasteiger partial charge on any atom is 0.324 e. The molecule has 0 aromatic heterocycles. The lowest BCUT2D eigenvalue weighted by Crippen LogP contribution is -2.29. The van der Waals surface area contributed by atoms with Gasteiger partial charge in [-0.15, -0.1) is 0 Å². The molecule has 0 unspecified atom stereocenters. The van der Waals surface area contributed by atoms with E-state index in [4.69, 9.17) is 4.43 Å². The van der Waals surface area contributed by atoms with E-state index in [0.29, 0.717) is 5.56 Å². The second-order valence-corrected chi connectivity index (χ2v) is 9.83. The van der Waals surface area contributed by atoms with Crippen molar-refractivity contribution in [3.63, 3.8) is 0 Å². The van der Waals surface area contributed by atoms with Crippen LogP contribution in [0.15, 0.2) is 24.3 Å². The first-order valence-corrected chi connectivity index (χ1v) is 9.20. The van der Waals surface area contributed by atoms with E-state index in [1.807, 2.05) is 31.8 Å². The molecule has 3 heteroatoms. The number of rotatable bonds is 3. The van der Waals surface area contributed by atoms with Crippen LogP contribution in [0.3, 0.4) is 0 Å². The fraction of sp³-hybridized carbons (Fsp3) is 0.462. The maximum atomic E-state index is 11.8. The Hall–Kier alpha value is -1.09. The van der Waals surface area contributed by atoms with Gasteiger partial charge in [-0.3, -0.25) is 0 Å². The van der Waals surface area contributed by atoms with E-state index in [-0.39, 0.29) is 5.97 Å². The van der Waals surface area contributed by atoms with Gasteiger partial charge >= 0.3 is 5.97 Å². The Morgan fingerprint density at radius 2 is 1.75 bits per heavy atom. The summed E-state index contributed by atoms with van der Waals surface area (Å²) in [4.78, 5) is 11.8. The fourth-order valence-corrected chi connectivity index (χ4v) is 2.32. The zero-order valence-electron chi connectivity index (χ0n) is 10.1. The summed E-state index contributed by atoms with van der Waals surface area (Å²) in [5, 5.41) is 0. The van der Waals surface area contributed by atoms with Gasteiger partial charge in [-0.1, -0.05) is 12.1 Å². The molecule has 0 N–H and O–H groups in total. The highest BCUT2D eigenvalue weighted by atomic mass is 28.4. The Morgan fingerprint density at radius 1 is 1.19 bits per heavy atom. The Balaban J connectivity index is 2.06. The van der Waals surface area contributed by atoms with Gasteiger partial charge in [0.15, 0.2) is 0 Å². The minimum atomic E-state index is -1.78. The van der Waals surface area contributed by atoms with Crippen molar-refractivity contribution in [2.24, 2.45) is 0 Å². The van der Waals surface area contributed by atoms with Gasteiger partial charge in [0.25, 0.3) is 0 Å². The number of hydrogen-bond donors (Lipinski definition) is 0. The molecule has 86 valence electrons. The molecule has 1 fully saturated rings. The molecule has 1 aliphatic rings. The summed E-state index contributed by atoms with van der Waals surface area (Å²) in [5.41, 5.74) is 2.02. The first-order chi connectivity index (χ1) is 7.46. The topological polar surface area (TPSA) is 26.3 Å². The van der Waals surface area contributed by atoms with Crippen LogP contribution in [0.25, 0.3) is 0 Å². The number of hydrogen-bond acceptors (Lipinski definition) is 2. The van der Waals surface area contributed by atoms with E-state index < -0.39 is 8.32 Å². The summed E-state index contributed by atoms with van der Waals surface area (Å²) in [5.74, 6) is 0.559. The highest BCUT2D eigenvalue weighted by Crippen LogP contribution is 2.39. The van der Waals surface area contributed by atoms with Crippen molar-refractivity contribution < 1.29 is 9.22 Å². The largest absolute Gasteiger partial charge is 0.516 e. The van der Waals surface area contributed by atoms with Crippen molar-refractivity contribution in [1.82, 2.24) is 0 Å². The van der Waals surface area contributed by atoms with Crippen molar-refractivity contribution in [1.29, 1.82) is 0 Å². The van der Waals surface area contributed by atoms with Gasteiger partial charge in [0.05, 0.1) is 5.56 Å². The monoisotopic (exact) mass is 234 g/mol. The molecular weight excluding hydrogens is 216 g/mol. The number of carbonyl (C=O) groups is 1. The van der Waals surface area contributed by atoms with Gasteiger partial charge in [0.1, 0.15) is 0 Å². The fourth-order valence-electron chi connectivity index (χ4n) is 1.65. The Kier molecular flexibility index (Phi) is 2.89. The van der Waals surface area contributed by atoms with E-state index >= 15 is 0 Å². The van der Waals surface area contributed by atoms with Crippen molar-refractivity contribution in [3.05, 3.63) is 35.4 Å². The molecule has 16 heavy (non-hydrogen) atoms. The van der Waals surface area contributed by atoms with E-state index in [1.165, 1.54) is 18.4 Å². The van der Waals surface area contributed by atoms with E-state index in [2.05, 4.69) is 12.1 Å². The summed E-state index contributed by atoms with van der Waals surface area (Å²) >= 11 is 0. The molecule has 0 aliphatic heterocycles. The summed E-state index contributed by atoms with van der Waals surface area (Å²) in [7, 11) is -1.78. The normalized spacial score (nSPS) is 15.9. The lowest BCUT2D eigenvalue weighted by Gasteiger charge is -2.17. The van der Waals surface area contributed by atoms with Gasteiger partial charge in [0.2, 0.25) is 8.32 Å². The van der Waals surface area contributed by atoms with Crippen molar-refractivity contribution in [2.45, 2.75) is 38.4 Å². The minimum absolute atomic E-state index is 0.179. The van der Waals surface area contributed by atoms with Gasteiger partial charge in [-0.25, -0.2) is 4.79 Å². The Morgan fingerprint density at radius 3 is 2.19 bits per heavy atom. The standard InChI is InChI=1S/C13H18O2Si/c1-16(2,3)15-13(14)12-8-6-11(7-9-12)10-4-5-10/h6-10H,4-5H2,1-3H3. The van der Waals surface area contributed by atoms with E-state index in [1.54, 1.807) is 0 Å². The second kappa shape index (κ2) is 4.05. The molecule has 1 aromatic rings. The van der Waals surface area contributed by atoms with Crippen LogP contribution in [0.2, 0.25) is 19.6 Å². The average molecular weight is 234 g/mol. The van der Waals surface area contributed by atoms with Crippen LogP contribution < -0.4 is 0 Å². The molecule has 1 aromatic carbocycles. The van der Waals surface area contributed by atoms with Gasteiger partial charge in [0, 0.05) is 0 Å². The third-order valence-corrected chi connectivity index (χ3v) is 3.39. The number of benzene rings is 1. The molecule has 0 atom stereocenters. The van der Waals surface area contributed by atoms with Crippen LogP contribution in [-0.2, 0) is 4.43 Å². The van der Waals surface area contributed by atoms with E-state index in [9.17, 15) is 4.79 Å². The first kappa shape index (κ1) is 11.4. The van der Waals surface area contributed by atoms with Crippen LogP contribution in [0.4, 0.5) is 0 Å². The van der Waals surface area contributed by atoms with Crippen molar-refractivity contribution in [3.8, 4) is 0 Å². The smallest absolute Gasteiger partial charge is 0.324 e. The predicted molar refractivity (Wildman–Crippen MR) is 67.2 cm³/mol. The van der Waals surface area contributed by atoms with Crippen LogP contribution in [-0.4, -0.2) is 14.3 Å². The molecule has 2 nitrogen and oxygen atoms in total. The van der Waals surface area contributed by atoms with Crippen LogP contribution in [0.5, 0.6) is 0 Å². The van der Waals surface area contributed by atoms with Crippen LogP contribution in [0.1, 0.15) is 34.7 Å². The zero-order valence-corrected chi connectivity index (χ0v) is 11.1. The minimum Gasteiger partial charge on any atom is -0.516 e. The lowest BCUT2D eigenvalue weighted by molar-refractivity contribution is 0.0724. The third kappa shape index (κ3) is 2.95. The summed E-state index contributed by atoms with van der Waals surface area (Å²) < 4.78 is 5.44. The molecule has 0 saturated heterocycles. The SMILES string of the molecule is C[Si](C)(C)OC(=O)c1ccc(C2CC2)cc1. The van der Waals surface area contributed by atoms with Crippen molar-refractivity contribution in [2.75, 3.05) is 0 Å². The maximum absolute atomic E-state index is 11.8. The molecule has 0 amide bonds.